The lowest BCUT2D eigenvalue weighted by Gasteiger charge is -2.59. The number of aliphatic hydroxyl groups is 3. The van der Waals surface area contributed by atoms with Gasteiger partial charge in [-0.25, -0.2) is 4.90 Å². The molecular formula is C22H33B6ClN2O4. The van der Waals surface area contributed by atoms with Crippen LogP contribution in [0.25, 0.3) is 0 Å². The van der Waals surface area contributed by atoms with Crippen LogP contribution in [0, 0.1) is 0 Å². The minimum Gasteiger partial charge on any atom is -0.509 e. The van der Waals surface area contributed by atoms with Gasteiger partial charge in [0, 0.05) is 29.1 Å². The maximum absolute atomic E-state index is 11.1. The van der Waals surface area contributed by atoms with Gasteiger partial charge in [0.05, 0.1) is 12.1 Å². The zero-order valence-electron chi connectivity index (χ0n) is 22.1. The van der Waals surface area contributed by atoms with Crippen molar-refractivity contribution in [2.45, 2.75) is 49.2 Å². The fourth-order valence-electron chi connectivity index (χ4n) is 6.94. The average molecular weight is 490 g/mol. The number of β-amino-alcohol motifs (C(OH)–C–C–N with tert-alkyl or cyclic N) is 2. The Labute approximate surface area is 218 Å². The highest BCUT2D eigenvalue weighted by atomic mass is 35.5. The highest BCUT2D eigenvalue weighted by Crippen LogP contribution is 2.49. The maximum Gasteiger partial charge on any atom is 0.239 e. The SMILES string of the molecule is Bc1c(B)c([C@@H]2C[C@@H](N3CC(C)(C)N(C(B)(B)O)C(O)(O)C3)c3cc(Cl)ccc32)c(B)c(B)c1O. The van der Waals surface area contributed by atoms with Gasteiger partial charge < -0.3 is 20.4 Å². The summed E-state index contributed by atoms with van der Waals surface area (Å²) in [7, 11) is 11.2. The van der Waals surface area contributed by atoms with Crippen LogP contribution >= 0.6 is 11.6 Å². The smallest absolute Gasteiger partial charge is 0.239 e. The molecule has 0 radical (unpaired) electrons. The molecule has 180 valence electrons. The highest BCUT2D eigenvalue weighted by Gasteiger charge is 2.55. The summed E-state index contributed by atoms with van der Waals surface area (Å²) in [6.45, 7) is 4.35. The van der Waals surface area contributed by atoms with Crippen molar-refractivity contribution < 1.29 is 20.4 Å². The summed E-state index contributed by atoms with van der Waals surface area (Å²) in [5, 5.41) is 44.3. The molecular weight excluding hydrogens is 457 g/mol. The van der Waals surface area contributed by atoms with Gasteiger partial charge in [0.25, 0.3) is 0 Å². The molecule has 2 aliphatic rings. The van der Waals surface area contributed by atoms with Gasteiger partial charge in [0.15, 0.2) is 0 Å². The van der Waals surface area contributed by atoms with Crippen LogP contribution in [0.1, 0.15) is 48.9 Å². The van der Waals surface area contributed by atoms with Gasteiger partial charge in [-0.2, -0.15) is 0 Å². The molecule has 0 unspecified atom stereocenters. The number of halogens is 1. The van der Waals surface area contributed by atoms with E-state index < -0.39 is 17.0 Å². The van der Waals surface area contributed by atoms with Crippen molar-refractivity contribution in [2.24, 2.45) is 0 Å². The van der Waals surface area contributed by atoms with Gasteiger partial charge in [0.1, 0.15) is 52.8 Å². The number of benzene rings is 2. The van der Waals surface area contributed by atoms with Crippen LogP contribution in [0.15, 0.2) is 18.2 Å². The zero-order valence-corrected chi connectivity index (χ0v) is 22.8. The minimum atomic E-state index is -2.21. The lowest BCUT2D eigenvalue weighted by atomic mass is 9.63. The largest absolute Gasteiger partial charge is 0.509 e. The van der Waals surface area contributed by atoms with Crippen molar-refractivity contribution in [3.63, 3.8) is 0 Å². The third-order valence-corrected chi connectivity index (χ3v) is 8.43. The summed E-state index contributed by atoms with van der Waals surface area (Å²) in [6.07, 6.45) is 0.760. The molecule has 2 atom stereocenters. The van der Waals surface area contributed by atoms with E-state index in [9.17, 15) is 20.4 Å². The second-order valence-electron chi connectivity index (χ2n) is 11.7. The number of hydrogen-bond donors (Lipinski definition) is 4. The van der Waals surface area contributed by atoms with Crippen LogP contribution in [-0.2, 0) is 0 Å². The van der Waals surface area contributed by atoms with Gasteiger partial charge in [0.2, 0.25) is 5.91 Å². The van der Waals surface area contributed by atoms with E-state index in [2.05, 4.69) is 26.7 Å². The molecule has 4 N–H and O–H groups in total. The molecule has 1 heterocycles. The van der Waals surface area contributed by atoms with E-state index in [0.717, 1.165) is 33.8 Å². The van der Waals surface area contributed by atoms with Gasteiger partial charge in [-0.05, 0) is 43.5 Å². The molecule has 0 aromatic heterocycles. The third kappa shape index (κ3) is 4.41. The third-order valence-electron chi connectivity index (χ3n) is 8.19. The fraction of sp³-hybridized carbons (Fsp3) is 0.455. The van der Waals surface area contributed by atoms with Crippen molar-refractivity contribution in [1.29, 1.82) is 0 Å². The molecule has 4 rings (SSSR count). The van der Waals surface area contributed by atoms with Crippen molar-refractivity contribution >= 4 is 80.5 Å². The Morgan fingerprint density at radius 3 is 2.06 bits per heavy atom. The van der Waals surface area contributed by atoms with E-state index >= 15 is 0 Å². The first-order valence-corrected chi connectivity index (χ1v) is 12.7. The number of phenolic OH excluding ortho intramolecular Hbond substituents is 1. The van der Waals surface area contributed by atoms with Crippen molar-refractivity contribution in [1.82, 2.24) is 9.80 Å². The molecule has 0 spiro atoms. The number of aromatic hydroxyl groups is 1. The molecule has 0 amide bonds. The molecule has 0 bridgehead atoms. The van der Waals surface area contributed by atoms with Gasteiger partial charge in [-0.15, -0.1) is 0 Å². The fourth-order valence-corrected chi connectivity index (χ4v) is 7.12. The molecule has 1 aliphatic carbocycles. The van der Waals surface area contributed by atoms with E-state index in [-0.39, 0.29) is 18.5 Å². The van der Waals surface area contributed by atoms with Gasteiger partial charge >= 0.3 is 0 Å². The predicted molar refractivity (Wildman–Crippen MR) is 158 cm³/mol. The number of fused-ring (bicyclic) bond motifs is 1. The second-order valence-corrected chi connectivity index (χ2v) is 12.1. The quantitative estimate of drug-likeness (QED) is 0.253. The van der Waals surface area contributed by atoms with Crippen molar-refractivity contribution in [3.8, 4) is 5.75 Å². The summed E-state index contributed by atoms with van der Waals surface area (Å²) in [4.78, 5) is 3.50. The molecule has 1 saturated heterocycles. The van der Waals surface area contributed by atoms with Crippen LogP contribution in [0.5, 0.6) is 5.75 Å². The van der Waals surface area contributed by atoms with Crippen LogP contribution in [-0.4, -0.2) is 107 Å². The highest BCUT2D eigenvalue weighted by molar-refractivity contribution is 6.58. The number of nitrogens with zero attached hydrogens (tertiary/aromatic N) is 2. The molecule has 1 aliphatic heterocycles. The summed E-state index contributed by atoms with van der Waals surface area (Å²) < 4.78 is 0. The molecule has 2 aromatic rings. The second kappa shape index (κ2) is 8.64. The Morgan fingerprint density at radius 2 is 1.54 bits per heavy atom. The Kier molecular flexibility index (Phi) is 6.61. The lowest BCUT2D eigenvalue weighted by Crippen LogP contribution is -2.77. The zero-order chi connectivity index (χ0) is 26.2. The molecule has 13 heteroatoms. The lowest BCUT2D eigenvalue weighted by molar-refractivity contribution is -0.347. The van der Waals surface area contributed by atoms with E-state index in [1.54, 1.807) is 15.7 Å². The number of hydrogen-bond acceptors (Lipinski definition) is 6. The Morgan fingerprint density at radius 1 is 0.971 bits per heavy atom. The van der Waals surface area contributed by atoms with E-state index in [1.807, 2.05) is 41.7 Å². The Bertz CT molecular complexity index is 1140. The first kappa shape index (κ1) is 26.8. The summed E-state index contributed by atoms with van der Waals surface area (Å²) in [6, 6.07) is 5.92. The molecule has 0 saturated carbocycles. The monoisotopic (exact) mass is 490 g/mol. The standard InChI is InChI=1S/C22H33B6ClN2O4/c1-20(2)7-30(8-21(33,34)31(20)22(27,28)35)13-6-12(10-4-3-9(29)5-11(10)13)14-15(23)17(25)19(32)18(26)16(14)24/h3-5,12-13,32-35H,6-8,23-28H2,1-2H3/t12-,13-/m1/s1. The van der Waals surface area contributed by atoms with E-state index in [0.29, 0.717) is 17.3 Å². The predicted octanol–water partition coefficient (Wildman–Crippen LogP) is -6.44. The number of phenols is 1. The molecule has 35 heavy (non-hydrogen) atoms. The topological polar surface area (TPSA) is 87.4 Å². The van der Waals surface area contributed by atoms with Gasteiger partial charge in [-0.3, -0.25) is 4.90 Å². The molecule has 2 aromatic carbocycles. The summed E-state index contributed by atoms with van der Waals surface area (Å²) in [5.41, 5.74) is 5.33. The Hall–Kier alpha value is -1.28. The molecule has 6 nitrogen and oxygen atoms in total. The van der Waals surface area contributed by atoms with E-state index in [1.165, 1.54) is 16.0 Å². The van der Waals surface area contributed by atoms with Gasteiger partial charge in [-0.1, -0.05) is 45.1 Å². The molecule has 1 fully saturated rings. The van der Waals surface area contributed by atoms with E-state index in [4.69, 9.17) is 11.6 Å². The van der Waals surface area contributed by atoms with Crippen LogP contribution < -0.4 is 21.9 Å². The van der Waals surface area contributed by atoms with Crippen LogP contribution in [0.2, 0.25) is 5.02 Å². The number of rotatable bonds is 3. The van der Waals surface area contributed by atoms with Crippen molar-refractivity contribution in [3.05, 3.63) is 39.9 Å². The Balaban J connectivity index is 1.81. The number of piperazine rings is 1. The summed E-state index contributed by atoms with van der Waals surface area (Å²) in [5.74, 6) is -1.77. The maximum atomic E-state index is 11.1. The summed E-state index contributed by atoms with van der Waals surface area (Å²) >= 11 is 6.46. The van der Waals surface area contributed by atoms with Crippen LogP contribution in [0.3, 0.4) is 0 Å². The minimum absolute atomic E-state index is 0.0324. The first-order valence-electron chi connectivity index (χ1n) is 12.3. The average Bonchev–Trinajstić information content (AvgIpc) is 3.06. The normalized spacial score (nSPS) is 24.4. The first-order chi connectivity index (χ1) is 16.0. The van der Waals surface area contributed by atoms with Crippen LogP contribution in [0.4, 0.5) is 0 Å². The van der Waals surface area contributed by atoms with Crippen molar-refractivity contribution in [2.75, 3.05) is 13.1 Å².